The molecular weight excluding hydrogens is 428 g/mol. The van der Waals surface area contributed by atoms with Crippen LogP contribution < -0.4 is 5.32 Å². The second-order valence-electron chi connectivity index (χ2n) is 9.23. The van der Waals surface area contributed by atoms with Gasteiger partial charge in [-0.15, -0.1) is 0 Å². The highest BCUT2D eigenvalue weighted by molar-refractivity contribution is 6.22. The molecule has 0 bridgehead atoms. The number of anilines is 1. The second kappa shape index (κ2) is 8.15. The average molecular weight is 454 g/mol. The first-order valence-corrected chi connectivity index (χ1v) is 10.8. The number of Topliss-reactive ketones (excluding diaryl/α,β-unsaturated/α-hetero) is 3. The molecule has 174 valence electrons. The van der Waals surface area contributed by atoms with Crippen LogP contribution in [0.3, 0.4) is 0 Å². The third-order valence-electron chi connectivity index (χ3n) is 6.60. The summed E-state index contributed by atoms with van der Waals surface area (Å²) in [6, 6.07) is 3.20. The predicted octanol–water partition coefficient (Wildman–Crippen LogP) is 2.07. The molecule has 0 radical (unpaired) electrons. The first-order valence-electron chi connectivity index (χ1n) is 10.8. The van der Waals surface area contributed by atoms with Crippen LogP contribution in [0.2, 0.25) is 0 Å². The summed E-state index contributed by atoms with van der Waals surface area (Å²) in [6.45, 7) is 1.26. The van der Waals surface area contributed by atoms with Crippen molar-refractivity contribution in [2.24, 2.45) is 17.8 Å². The van der Waals surface area contributed by atoms with E-state index in [4.69, 9.17) is 0 Å². The molecule has 3 atom stereocenters. The molecule has 0 saturated heterocycles. The minimum Gasteiger partial charge on any atom is -0.511 e. The fraction of sp³-hybridized carbons (Fsp3) is 0.417. The lowest BCUT2D eigenvalue weighted by atomic mass is 9.62. The molecule has 0 aliphatic heterocycles. The Bertz CT molecular complexity index is 1160. The van der Waals surface area contributed by atoms with Crippen molar-refractivity contribution in [3.63, 3.8) is 0 Å². The zero-order valence-corrected chi connectivity index (χ0v) is 18.6. The minimum atomic E-state index is -1.08. The first kappa shape index (κ1) is 22.7. The molecule has 4 rings (SSSR count). The van der Waals surface area contributed by atoms with E-state index < -0.39 is 34.9 Å². The standard InChI is InChI=1S/C24H26N2O7/c1-10(27)17-15(28)8-13-7-12-6-11-4-5-14(25-16(29)9-26(2)3)21(30)18(11)23(32)19(12)24(33)20(13)22(17)31/h4-5,12-13,20,28,30,33H,6-9H2,1-3H3,(H,25,29). The highest BCUT2D eigenvalue weighted by Gasteiger charge is 2.50. The Hall–Kier alpha value is -3.46. The van der Waals surface area contributed by atoms with Crippen molar-refractivity contribution in [1.29, 1.82) is 0 Å². The van der Waals surface area contributed by atoms with E-state index in [2.05, 4.69) is 5.32 Å². The zero-order chi connectivity index (χ0) is 24.2. The van der Waals surface area contributed by atoms with Gasteiger partial charge in [0.1, 0.15) is 11.5 Å². The Labute approximate surface area is 190 Å². The quantitative estimate of drug-likeness (QED) is 0.400. The van der Waals surface area contributed by atoms with E-state index in [9.17, 15) is 34.5 Å². The number of aromatic hydroxyl groups is 1. The summed E-state index contributed by atoms with van der Waals surface area (Å²) in [5, 5.41) is 34.6. The molecule has 0 heterocycles. The largest absolute Gasteiger partial charge is 0.511 e. The van der Waals surface area contributed by atoms with Crippen molar-refractivity contribution in [3.05, 3.63) is 45.9 Å². The van der Waals surface area contributed by atoms with Gasteiger partial charge in [0.25, 0.3) is 0 Å². The summed E-state index contributed by atoms with van der Waals surface area (Å²) in [4.78, 5) is 52.0. The number of hydrogen-bond acceptors (Lipinski definition) is 8. The molecule has 9 heteroatoms. The number of rotatable bonds is 4. The van der Waals surface area contributed by atoms with Gasteiger partial charge in [-0.25, -0.2) is 0 Å². The Morgan fingerprint density at radius 3 is 2.45 bits per heavy atom. The van der Waals surface area contributed by atoms with Crippen molar-refractivity contribution in [2.75, 3.05) is 26.0 Å². The monoisotopic (exact) mass is 454 g/mol. The highest BCUT2D eigenvalue weighted by Crippen LogP contribution is 2.50. The molecular formula is C24H26N2O7. The Morgan fingerprint density at radius 2 is 1.82 bits per heavy atom. The topological polar surface area (TPSA) is 144 Å². The highest BCUT2D eigenvalue weighted by atomic mass is 16.3. The molecule has 4 N–H and O–H groups in total. The van der Waals surface area contributed by atoms with Crippen LogP contribution in [0, 0.1) is 17.8 Å². The van der Waals surface area contributed by atoms with Gasteiger partial charge in [-0.05, 0) is 57.3 Å². The van der Waals surface area contributed by atoms with Gasteiger partial charge in [0.2, 0.25) is 5.91 Å². The van der Waals surface area contributed by atoms with Crippen LogP contribution >= 0.6 is 0 Å². The van der Waals surface area contributed by atoms with Gasteiger partial charge < -0.3 is 25.5 Å². The molecule has 0 spiro atoms. The Kier molecular flexibility index (Phi) is 5.61. The van der Waals surface area contributed by atoms with E-state index in [1.54, 1.807) is 25.1 Å². The number of carbonyl (C=O) groups excluding carboxylic acids is 4. The van der Waals surface area contributed by atoms with E-state index in [1.807, 2.05) is 0 Å². The number of allylic oxidation sites excluding steroid dienone is 4. The lowest BCUT2D eigenvalue weighted by molar-refractivity contribution is -0.125. The number of fused-ring (bicyclic) bond motifs is 3. The number of phenolic OH excluding ortho intramolecular Hbond substituents is 1. The van der Waals surface area contributed by atoms with E-state index in [-0.39, 0.29) is 58.7 Å². The van der Waals surface area contributed by atoms with Gasteiger partial charge in [0, 0.05) is 12.0 Å². The first-order chi connectivity index (χ1) is 15.5. The number of nitrogens with zero attached hydrogens (tertiary/aromatic N) is 1. The van der Waals surface area contributed by atoms with Gasteiger partial charge in [-0.1, -0.05) is 6.07 Å². The number of aliphatic hydroxyl groups is 2. The maximum atomic E-state index is 13.4. The summed E-state index contributed by atoms with van der Waals surface area (Å²) in [5.41, 5.74) is 0.367. The molecule has 0 fully saturated rings. The molecule has 1 amide bonds. The zero-order valence-electron chi connectivity index (χ0n) is 18.6. The van der Waals surface area contributed by atoms with Gasteiger partial charge in [0.15, 0.2) is 23.1 Å². The Morgan fingerprint density at radius 1 is 1.12 bits per heavy atom. The van der Waals surface area contributed by atoms with Crippen LogP contribution in [0.4, 0.5) is 5.69 Å². The number of nitrogens with one attached hydrogen (secondary N) is 1. The predicted molar refractivity (Wildman–Crippen MR) is 118 cm³/mol. The normalized spacial score (nSPS) is 24.4. The summed E-state index contributed by atoms with van der Waals surface area (Å²) < 4.78 is 0. The van der Waals surface area contributed by atoms with Crippen LogP contribution in [-0.4, -0.2) is 64.1 Å². The third-order valence-corrected chi connectivity index (χ3v) is 6.60. The fourth-order valence-electron chi connectivity index (χ4n) is 5.31. The maximum absolute atomic E-state index is 13.4. The van der Waals surface area contributed by atoms with Gasteiger partial charge in [-0.2, -0.15) is 0 Å². The van der Waals surface area contributed by atoms with Crippen LogP contribution in [0.15, 0.2) is 34.8 Å². The maximum Gasteiger partial charge on any atom is 0.238 e. The molecule has 0 aromatic heterocycles. The van der Waals surface area contributed by atoms with Crippen molar-refractivity contribution >= 4 is 28.9 Å². The molecule has 1 aromatic rings. The molecule has 3 unspecified atom stereocenters. The summed E-state index contributed by atoms with van der Waals surface area (Å²) >= 11 is 0. The molecule has 3 aliphatic rings. The molecule has 3 aliphatic carbocycles. The summed E-state index contributed by atoms with van der Waals surface area (Å²) in [5.74, 6) is -5.21. The van der Waals surface area contributed by atoms with Crippen LogP contribution in [0.25, 0.3) is 0 Å². The number of hydrogen-bond donors (Lipinski definition) is 4. The molecule has 9 nitrogen and oxygen atoms in total. The van der Waals surface area contributed by atoms with Crippen molar-refractivity contribution in [1.82, 2.24) is 4.90 Å². The van der Waals surface area contributed by atoms with Crippen LogP contribution in [0.1, 0.15) is 35.7 Å². The number of phenols is 1. The second-order valence-corrected chi connectivity index (χ2v) is 9.23. The number of ketones is 3. The summed E-state index contributed by atoms with van der Waals surface area (Å²) in [6.07, 6.45) is 0.794. The van der Waals surface area contributed by atoms with Crippen molar-refractivity contribution in [2.45, 2.75) is 26.2 Å². The lowest BCUT2D eigenvalue weighted by Crippen LogP contribution is -2.42. The molecule has 1 aromatic carbocycles. The number of aliphatic hydroxyl groups excluding tert-OH is 2. The average Bonchev–Trinajstić information content (AvgIpc) is 2.68. The van der Waals surface area contributed by atoms with E-state index in [0.29, 0.717) is 18.4 Å². The van der Waals surface area contributed by atoms with E-state index >= 15 is 0 Å². The minimum absolute atomic E-state index is 0.0117. The number of likely N-dealkylation sites (N-methyl/N-ethyl adjacent to an activating group) is 1. The van der Waals surface area contributed by atoms with E-state index in [1.165, 1.54) is 13.0 Å². The number of carbonyl (C=O) groups is 4. The van der Waals surface area contributed by atoms with Gasteiger partial charge in [-0.3, -0.25) is 19.2 Å². The smallest absolute Gasteiger partial charge is 0.238 e. The lowest BCUT2D eigenvalue weighted by Gasteiger charge is -2.40. The molecule has 33 heavy (non-hydrogen) atoms. The molecule has 0 saturated carbocycles. The van der Waals surface area contributed by atoms with Gasteiger partial charge >= 0.3 is 0 Å². The van der Waals surface area contributed by atoms with Crippen LogP contribution in [-0.2, 0) is 20.8 Å². The summed E-state index contributed by atoms with van der Waals surface area (Å²) in [7, 11) is 3.45. The van der Waals surface area contributed by atoms with Crippen molar-refractivity contribution in [3.8, 4) is 5.75 Å². The number of benzene rings is 1. The Balaban J connectivity index is 1.74. The SMILES string of the molecule is CC(=O)C1=C(O)CC2CC3Cc4ccc(NC(=O)CN(C)C)c(O)c4C(=O)C3=C(O)C2C1=O. The van der Waals surface area contributed by atoms with Crippen molar-refractivity contribution < 1.29 is 34.5 Å². The third kappa shape index (κ3) is 3.72. The van der Waals surface area contributed by atoms with E-state index in [0.717, 1.165) is 0 Å². The van der Waals surface area contributed by atoms with Crippen LogP contribution in [0.5, 0.6) is 5.75 Å². The number of amides is 1. The van der Waals surface area contributed by atoms with Gasteiger partial charge in [0.05, 0.1) is 29.3 Å². The fourth-order valence-corrected chi connectivity index (χ4v) is 5.31.